The number of nitrogens with one attached hydrogen (secondary N) is 1. The zero-order valence-electron chi connectivity index (χ0n) is 11.2. The number of aromatic nitrogens is 2. The number of anilines is 2. The number of carbonyl (C=O) groups is 1. The molecule has 6 nitrogen and oxygen atoms in total. The van der Waals surface area contributed by atoms with Crippen LogP contribution in [0.15, 0.2) is 30.3 Å². The normalized spacial score (nSPS) is 10.2. The summed E-state index contributed by atoms with van der Waals surface area (Å²) in [5.74, 6) is -0.221. The van der Waals surface area contributed by atoms with Crippen molar-refractivity contribution in [3.8, 4) is 0 Å². The van der Waals surface area contributed by atoms with Crippen LogP contribution in [0.3, 0.4) is 0 Å². The Labute approximate surface area is 121 Å². The van der Waals surface area contributed by atoms with Crippen molar-refractivity contribution in [2.24, 2.45) is 0 Å². The van der Waals surface area contributed by atoms with Gasteiger partial charge in [-0.2, -0.15) is 0 Å². The molecule has 0 aliphatic heterocycles. The van der Waals surface area contributed by atoms with Gasteiger partial charge in [0.1, 0.15) is 0 Å². The highest BCUT2D eigenvalue weighted by molar-refractivity contribution is 7.16. The second-order valence-electron chi connectivity index (χ2n) is 4.31. The lowest BCUT2D eigenvalue weighted by Crippen LogP contribution is -2.28. The summed E-state index contributed by atoms with van der Waals surface area (Å²) in [5.41, 5.74) is 6.60. The lowest BCUT2D eigenvalue weighted by Gasteiger charge is -2.19. The van der Waals surface area contributed by atoms with E-state index in [4.69, 9.17) is 5.73 Å². The quantitative estimate of drug-likeness (QED) is 0.785. The van der Waals surface area contributed by atoms with Crippen LogP contribution in [0.4, 0.5) is 10.8 Å². The van der Waals surface area contributed by atoms with Crippen LogP contribution in [-0.4, -0.2) is 36.2 Å². The summed E-state index contributed by atoms with van der Waals surface area (Å²) in [4.78, 5) is 13.8. The number of hydrogen-bond donors (Lipinski definition) is 2. The maximum absolute atomic E-state index is 11.7. The Bertz CT molecular complexity index is 557. The molecule has 106 valence electrons. The molecule has 2 aromatic rings. The van der Waals surface area contributed by atoms with Crippen molar-refractivity contribution < 1.29 is 4.79 Å². The van der Waals surface area contributed by atoms with Crippen molar-refractivity contribution >= 4 is 28.1 Å². The molecule has 0 radical (unpaired) electrons. The summed E-state index contributed by atoms with van der Waals surface area (Å²) in [7, 11) is 2.03. The average Bonchev–Trinajstić information content (AvgIpc) is 2.91. The molecule has 0 spiro atoms. The second kappa shape index (κ2) is 6.85. The van der Waals surface area contributed by atoms with Gasteiger partial charge in [0.25, 0.3) is 5.91 Å². The fourth-order valence-electron chi connectivity index (χ4n) is 1.73. The number of nitrogen functional groups attached to an aromatic ring is 1. The van der Waals surface area contributed by atoms with Crippen LogP contribution in [0, 0.1) is 0 Å². The maximum atomic E-state index is 11.7. The summed E-state index contributed by atoms with van der Waals surface area (Å²) in [6.07, 6.45) is 0.853. The zero-order valence-corrected chi connectivity index (χ0v) is 12.1. The fourth-order valence-corrected chi connectivity index (χ4v) is 2.26. The van der Waals surface area contributed by atoms with Gasteiger partial charge in [0.2, 0.25) is 10.1 Å². The molecular formula is C13H17N5OS. The van der Waals surface area contributed by atoms with E-state index in [1.165, 1.54) is 0 Å². The molecule has 0 aliphatic rings. The van der Waals surface area contributed by atoms with Crippen LogP contribution in [-0.2, 0) is 0 Å². The number of nitrogens with two attached hydrogens (primary N) is 1. The van der Waals surface area contributed by atoms with Crippen molar-refractivity contribution in [1.82, 2.24) is 15.5 Å². The molecule has 1 aromatic carbocycles. The van der Waals surface area contributed by atoms with E-state index in [1.807, 2.05) is 25.2 Å². The minimum Gasteiger partial charge on any atom is -0.375 e. The first-order chi connectivity index (χ1) is 9.66. The van der Waals surface area contributed by atoms with Crippen molar-refractivity contribution in [3.05, 3.63) is 35.3 Å². The number of rotatable bonds is 6. The first-order valence-electron chi connectivity index (χ1n) is 6.30. The van der Waals surface area contributed by atoms with Gasteiger partial charge in [0.05, 0.1) is 0 Å². The van der Waals surface area contributed by atoms with Crippen LogP contribution >= 0.6 is 11.3 Å². The first-order valence-corrected chi connectivity index (χ1v) is 7.12. The first kappa shape index (κ1) is 14.3. The lowest BCUT2D eigenvalue weighted by molar-refractivity contribution is 0.0952. The van der Waals surface area contributed by atoms with Gasteiger partial charge in [-0.15, -0.1) is 10.2 Å². The van der Waals surface area contributed by atoms with Crippen molar-refractivity contribution in [2.75, 3.05) is 30.8 Å². The molecule has 0 saturated carbocycles. The van der Waals surface area contributed by atoms with Crippen LogP contribution in [0.1, 0.15) is 16.2 Å². The highest BCUT2D eigenvalue weighted by Crippen LogP contribution is 2.11. The van der Waals surface area contributed by atoms with Gasteiger partial charge in [0, 0.05) is 25.8 Å². The molecule has 7 heteroatoms. The van der Waals surface area contributed by atoms with E-state index in [0.29, 0.717) is 16.7 Å². The summed E-state index contributed by atoms with van der Waals surface area (Å²) >= 11 is 1.09. The number of amides is 1. The molecule has 0 aliphatic carbocycles. The van der Waals surface area contributed by atoms with E-state index in [0.717, 1.165) is 30.0 Å². The van der Waals surface area contributed by atoms with E-state index < -0.39 is 0 Å². The molecule has 0 atom stereocenters. The monoisotopic (exact) mass is 291 g/mol. The number of hydrogen-bond acceptors (Lipinski definition) is 6. The number of carbonyl (C=O) groups excluding carboxylic acids is 1. The van der Waals surface area contributed by atoms with Crippen LogP contribution in [0.2, 0.25) is 0 Å². The minimum absolute atomic E-state index is 0.221. The molecule has 0 unspecified atom stereocenters. The Kier molecular flexibility index (Phi) is 4.89. The van der Waals surface area contributed by atoms with Gasteiger partial charge in [-0.05, 0) is 18.6 Å². The topological polar surface area (TPSA) is 84.1 Å². The molecule has 0 fully saturated rings. The summed E-state index contributed by atoms with van der Waals surface area (Å²) in [5, 5.41) is 10.7. The standard InChI is InChI=1S/C13H17N5OS/c1-18(10-6-3-2-4-7-10)9-5-8-15-11(19)12-16-17-13(14)20-12/h2-4,6-7H,5,8-9H2,1H3,(H2,14,17)(H,15,19). The molecule has 20 heavy (non-hydrogen) atoms. The molecule has 1 aromatic heterocycles. The largest absolute Gasteiger partial charge is 0.375 e. The van der Waals surface area contributed by atoms with Gasteiger partial charge >= 0.3 is 0 Å². The second-order valence-corrected chi connectivity index (χ2v) is 5.32. The van der Waals surface area contributed by atoms with E-state index in [-0.39, 0.29) is 5.91 Å². The summed E-state index contributed by atoms with van der Waals surface area (Å²) < 4.78 is 0. The van der Waals surface area contributed by atoms with E-state index in [2.05, 4.69) is 32.5 Å². The van der Waals surface area contributed by atoms with Crippen molar-refractivity contribution in [3.63, 3.8) is 0 Å². The van der Waals surface area contributed by atoms with Crippen LogP contribution in [0.25, 0.3) is 0 Å². The minimum atomic E-state index is -0.221. The third-order valence-electron chi connectivity index (χ3n) is 2.79. The molecule has 0 saturated heterocycles. The van der Waals surface area contributed by atoms with Gasteiger partial charge in [-0.3, -0.25) is 4.79 Å². The van der Waals surface area contributed by atoms with Gasteiger partial charge in [-0.25, -0.2) is 0 Å². The van der Waals surface area contributed by atoms with Gasteiger partial charge in [0.15, 0.2) is 0 Å². The Hall–Kier alpha value is -2.15. The predicted octanol–water partition coefficient (Wildman–Crippen LogP) is 1.38. The lowest BCUT2D eigenvalue weighted by atomic mass is 10.3. The van der Waals surface area contributed by atoms with Gasteiger partial charge < -0.3 is 16.0 Å². The van der Waals surface area contributed by atoms with Crippen LogP contribution in [0.5, 0.6) is 0 Å². The number of benzene rings is 1. The maximum Gasteiger partial charge on any atom is 0.282 e. The third-order valence-corrected chi connectivity index (χ3v) is 3.54. The number of para-hydroxylation sites is 1. The smallest absolute Gasteiger partial charge is 0.282 e. The fraction of sp³-hybridized carbons (Fsp3) is 0.308. The summed E-state index contributed by atoms with van der Waals surface area (Å²) in [6.45, 7) is 1.46. The molecule has 1 heterocycles. The SMILES string of the molecule is CN(CCCNC(=O)c1nnc(N)s1)c1ccccc1. The summed E-state index contributed by atoms with van der Waals surface area (Å²) in [6, 6.07) is 10.1. The number of nitrogens with zero attached hydrogens (tertiary/aromatic N) is 3. The molecule has 0 bridgehead atoms. The highest BCUT2D eigenvalue weighted by atomic mass is 32.1. The van der Waals surface area contributed by atoms with Gasteiger partial charge in [-0.1, -0.05) is 29.5 Å². The Morgan fingerprint density at radius 3 is 2.75 bits per heavy atom. The Balaban J connectivity index is 1.70. The third kappa shape index (κ3) is 3.92. The van der Waals surface area contributed by atoms with Crippen LogP contribution < -0.4 is 16.0 Å². The molecular weight excluding hydrogens is 274 g/mol. The molecule has 2 rings (SSSR count). The van der Waals surface area contributed by atoms with Crippen molar-refractivity contribution in [2.45, 2.75) is 6.42 Å². The Morgan fingerprint density at radius 2 is 2.10 bits per heavy atom. The zero-order chi connectivity index (χ0) is 14.4. The molecule has 1 amide bonds. The highest BCUT2D eigenvalue weighted by Gasteiger charge is 2.10. The molecule has 3 N–H and O–H groups in total. The van der Waals surface area contributed by atoms with Crippen molar-refractivity contribution in [1.29, 1.82) is 0 Å². The Morgan fingerprint density at radius 1 is 1.35 bits per heavy atom. The average molecular weight is 291 g/mol. The predicted molar refractivity (Wildman–Crippen MR) is 81.0 cm³/mol. The van der Waals surface area contributed by atoms with E-state index in [9.17, 15) is 4.79 Å². The van der Waals surface area contributed by atoms with E-state index >= 15 is 0 Å². The van der Waals surface area contributed by atoms with E-state index in [1.54, 1.807) is 0 Å².